The zero-order valence-corrected chi connectivity index (χ0v) is 16.2. The molecule has 140 valence electrons. The first-order valence-electron chi connectivity index (χ1n) is 9.01. The van der Waals surface area contributed by atoms with Gasteiger partial charge in [0.15, 0.2) is 11.0 Å². The number of para-hydroxylation sites is 2. The second kappa shape index (κ2) is 8.22. The molecular weight excluding hydrogens is 370 g/mol. The maximum atomic E-state index is 12.2. The molecule has 4 rings (SSSR count). The smallest absolute Gasteiger partial charge is 0.234 e. The van der Waals surface area contributed by atoms with Crippen molar-refractivity contribution in [3.8, 4) is 11.4 Å². The summed E-state index contributed by atoms with van der Waals surface area (Å²) in [4.78, 5) is 16.7. The second-order valence-corrected chi connectivity index (χ2v) is 7.08. The van der Waals surface area contributed by atoms with E-state index < -0.39 is 0 Å². The van der Waals surface area contributed by atoms with Crippen LogP contribution in [0.4, 0.5) is 5.69 Å². The van der Waals surface area contributed by atoms with Crippen molar-refractivity contribution in [3.63, 3.8) is 0 Å². The molecule has 2 aromatic heterocycles. The lowest BCUT2D eigenvalue weighted by Crippen LogP contribution is -2.14. The van der Waals surface area contributed by atoms with Gasteiger partial charge in [0.2, 0.25) is 5.91 Å². The molecule has 2 aromatic carbocycles. The topological polar surface area (TPSA) is 72.7 Å². The van der Waals surface area contributed by atoms with Crippen LogP contribution in [-0.4, -0.2) is 31.4 Å². The van der Waals surface area contributed by atoms with E-state index in [1.54, 1.807) is 6.20 Å². The highest BCUT2D eigenvalue weighted by Gasteiger charge is 2.17. The van der Waals surface area contributed by atoms with Crippen LogP contribution in [0.1, 0.15) is 6.92 Å². The Hall–Kier alpha value is -3.19. The number of rotatable bonds is 6. The monoisotopic (exact) mass is 389 g/mol. The number of pyridine rings is 1. The van der Waals surface area contributed by atoms with E-state index in [4.69, 9.17) is 0 Å². The number of benzene rings is 2. The molecule has 0 bridgehead atoms. The number of anilines is 1. The van der Waals surface area contributed by atoms with Crippen molar-refractivity contribution < 1.29 is 4.79 Å². The molecule has 28 heavy (non-hydrogen) atoms. The lowest BCUT2D eigenvalue weighted by atomic mass is 10.1. The number of carbonyl (C=O) groups excluding carboxylic acids is 1. The molecule has 0 saturated heterocycles. The predicted molar refractivity (Wildman–Crippen MR) is 112 cm³/mol. The first-order valence-corrected chi connectivity index (χ1v) is 10.00. The summed E-state index contributed by atoms with van der Waals surface area (Å²) in [6.07, 6.45) is 1.78. The molecule has 1 amide bonds. The van der Waals surface area contributed by atoms with Crippen LogP contribution in [0.15, 0.2) is 72.0 Å². The maximum absolute atomic E-state index is 12.2. The Morgan fingerprint density at radius 2 is 1.86 bits per heavy atom. The number of carbonyl (C=O) groups is 1. The average molecular weight is 389 g/mol. The van der Waals surface area contributed by atoms with Crippen molar-refractivity contribution in [1.82, 2.24) is 19.7 Å². The van der Waals surface area contributed by atoms with Gasteiger partial charge < -0.3 is 9.88 Å². The molecule has 0 saturated carbocycles. The standard InChI is InChI=1S/C21H19N5OS/c1-2-26-20(17-12-6-8-15-9-7-13-22-19(15)17)24-25-21(26)28-14-18(27)23-16-10-4-3-5-11-16/h3-13H,2,14H2,1H3,(H,23,27). The van der Waals surface area contributed by atoms with Crippen LogP contribution >= 0.6 is 11.8 Å². The molecule has 0 aliphatic rings. The fraction of sp³-hybridized carbons (Fsp3) is 0.143. The summed E-state index contributed by atoms with van der Waals surface area (Å²) in [6.45, 7) is 2.74. The number of aromatic nitrogens is 4. The van der Waals surface area contributed by atoms with Gasteiger partial charge in [-0.05, 0) is 31.2 Å². The molecule has 0 fully saturated rings. The minimum absolute atomic E-state index is 0.0739. The van der Waals surface area contributed by atoms with Crippen molar-refractivity contribution in [2.75, 3.05) is 11.1 Å². The van der Waals surface area contributed by atoms with Crippen LogP contribution in [0.25, 0.3) is 22.3 Å². The molecular formula is C21H19N5OS. The molecule has 0 spiro atoms. The number of hydrogen-bond acceptors (Lipinski definition) is 5. The maximum Gasteiger partial charge on any atom is 0.234 e. The lowest BCUT2D eigenvalue weighted by molar-refractivity contribution is -0.113. The second-order valence-electron chi connectivity index (χ2n) is 6.13. The van der Waals surface area contributed by atoms with E-state index in [2.05, 4.69) is 20.5 Å². The van der Waals surface area contributed by atoms with E-state index in [0.29, 0.717) is 11.7 Å². The SMILES string of the molecule is CCn1c(SCC(=O)Nc2ccccc2)nnc1-c1cccc2cccnc12. The fourth-order valence-electron chi connectivity index (χ4n) is 3.01. The number of hydrogen-bond donors (Lipinski definition) is 1. The minimum atomic E-state index is -0.0739. The molecule has 0 radical (unpaired) electrons. The molecule has 1 N–H and O–H groups in total. The van der Waals surface area contributed by atoms with Gasteiger partial charge >= 0.3 is 0 Å². The molecule has 4 aromatic rings. The van der Waals surface area contributed by atoms with Crippen molar-refractivity contribution in [2.24, 2.45) is 0 Å². The Labute approximate surface area is 167 Å². The lowest BCUT2D eigenvalue weighted by Gasteiger charge is -2.09. The van der Waals surface area contributed by atoms with Crippen LogP contribution in [0.5, 0.6) is 0 Å². The average Bonchev–Trinajstić information content (AvgIpc) is 3.15. The van der Waals surface area contributed by atoms with Gasteiger partial charge in [-0.15, -0.1) is 10.2 Å². The van der Waals surface area contributed by atoms with Crippen molar-refractivity contribution in [3.05, 3.63) is 66.9 Å². The van der Waals surface area contributed by atoms with E-state index >= 15 is 0 Å². The third kappa shape index (κ3) is 3.75. The van der Waals surface area contributed by atoms with Gasteiger partial charge in [-0.1, -0.05) is 48.2 Å². The number of nitrogens with one attached hydrogen (secondary N) is 1. The summed E-state index contributed by atoms with van der Waals surface area (Å²) in [5.74, 6) is 0.953. The van der Waals surface area contributed by atoms with Gasteiger partial charge in [0, 0.05) is 29.4 Å². The normalized spacial score (nSPS) is 10.9. The van der Waals surface area contributed by atoms with Crippen LogP contribution in [0, 0.1) is 0 Å². The number of thioether (sulfide) groups is 1. The fourth-order valence-corrected chi connectivity index (χ4v) is 3.82. The number of fused-ring (bicyclic) bond motifs is 1. The first-order chi connectivity index (χ1) is 13.8. The van der Waals surface area contributed by atoms with Gasteiger partial charge in [0.25, 0.3) is 0 Å². The Kier molecular flexibility index (Phi) is 5.34. The summed E-state index contributed by atoms with van der Waals surface area (Å²) in [6, 6.07) is 19.4. The predicted octanol–water partition coefficient (Wildman–Crippen LogP) is 4.24. The summed E-state index contributed by atoms with van der Waals surface area (Å²) in [5.41, 5.74) is 2.62. The van der Waals surface area contributed by atoms with Crippen LogP contribution in [0.3, 0.4) is 0 Å². The molecule has 0 unspecified atom stereocenters. The Balaban J connectivity index is 1.55. The Bertz CT molecular complexity index is 1100. The Morgan fingerprint density at radius 3 is 2.68 bits per heavy atom. The van der Waals surface area contributed by atoms with Crippen molar-refractivity contribution in [2.45, 2.75) is 18.6 Å². The van der Waals surface area contributed by atoms with E-state index in [-0.39, 0.29) is 11.7 Å². The van der Waals surface area contributed by atoms with Crippen molar-refractivity contribution in [1.29, 1.82) is 0 Å². The summed E-state index contributed by atoms with van der Waals surface area (Å²) in [5, 5.41) is 13.4. The van der Waals surface area contributed by atoms with Gasteiger partial charge in [-0.3, -0.25) is 9.78 Å². The molecule has 2 heterocycles. The number of amides is 1. The third-order valence-corrected chi connectivity index (χ3v) is 5.26. The minimum Gasteiger partial charge on any atom is -0.325 e. The molecule has 0 aliphatic heterocycles. The van der Waals surface area contributed by atoms with Gasteiger partial charge in [-0.25, -0.2) is 0 Å². The number of nitrogens with zero attached hydrogens (tertiary/aromatic N) is 4. The van der Waals surface area contributed by atoms with Crippen LogP contribution in [0.2, 0.25) is 0 Å². The quantitative estimate of drug-likeness (QED) is 0.499. The molecule has 6 nitrogen and oxygen atoms in total. The Morgan fingerprint density at radius 1 is 1.04 bits per heavy atom. The van der Waals surface area contributed by atoms with E-state index in [1.165, 1.54) is 11.8 Å². The molecule has 7 heteroatoms. The zero-order chi connectivity index (χ0) is 19.3. The summed E-state index contributed by atoms with van der Waals surface area (Å²) >= 11 is 1.38. The zero-order valence-electron chi connectivity index (χ0n) is 15.4. The van der Waals surface area contributed by atoms with E-state index in [9.17, 15) is 4.79 Å². The first kappa shape index (κ1) is 18.2. The van der Waals surface area contributed by atoms with Gasteiger partial charge in [0.1, 0.15) is 0 Å². The highest BCUT2D eigenvalue weighted by molar-refractivity contribution is 7.99. The van der Waals surface area contributed by atoms with Crippen molar-refractivity contribution >= 4 is 34.3 Å². The molecule has 0 aliphatic carbocycles. The van der Waals surface area contributed by atoms with Gasteiger partial charge in [-0.2, -0.15) is 0 Å². The van der Waals surface area contributed by atoms with Gasteiger partial charge in [0.05, 0.1) is 11.3 Å². The largest absolute Gasteiger partial charge is 0.325 e. The highest BCUT2D eigenvalue weighted by Crippen LogP contribution is 2.28. The van der Waals surface area contributed by atoms with Crippen LogP contribution in [-0.2, 0) is 11.3 Å². The molecule has 0 atom stereocenters. The van der Waals surface area contributed by atoms with E-state index in [1.807, 2.05) is 72.2 Å². The van der Waals surface area contributed by atoms with E-state index in [0.717, 1.165) is 28.0 Å². The third-order valence-electron chi connectivity index (χ3n) is 4.30. The highest BCUT2D eigenvalue weighted by atomic mass is 32.2. The summed E-state index contributed by atoms with van der Waals surface area (Å²) < 4.78 is 2.02. The van der Waals surface area contributed by atoms with Crippen LogP contribution < -0.4 is 5.32 Å². The summed E-state index contributed by atoms with van der Waals surface area (Å²) in [7, 11) is 0.